The van der Waals surface area contributed by atoms with E-state index in [0.29, 0.717) is 19.6 Å². The number of anilines is 1. The Morgan fingerprint density at radius 2 is 2.20 bits per heavy atom. The molecule has 1 unspecified atom stereocenters. The van der Waals surface area contributed by atoms with Crippen LogP contribution < -0.4 is 15.8 Å². The van der Waals surface area contributed by atoms with Crippen LogP contribution >= 0.6 is 0 Å². The molecule has 4 N–H and O–H groups in total. The Morgan fingerprint density at radius 1 is 1.45 bits per heavy atom. The zero-order valence-corrected chi connectivity index (χ0v) is 11.2. The fourth-order valence-corrected chi connectivity index (χ4v) is 2.29. The van der Waals surface area contributed by atoms with Crippen molar-refractivity contribution in [3.05, 3.63) is 24.0 Å². The number of urea groups is 1. The summed E-state index contributed by atoms with van der Waals surface area (Å²) in [6, 6.07) is 2.32. The molecule has 2 rings (SSSR count). The quantitative estimate of drug-likeness (QED) is 0.749. The van der Waals surface area contributed by atoms with Crippen LogP contribution in [-0.4, -0.2) is 33.7 Å². The molecule has 1 aliphatic rings. The molecule has 0 aromatic heterocycles. The van der Waals surface area contributed by atoms with E-state index in [9.17, 15) is 17.6 Å². The Balaban J connectivity index is 2.04. The second-order valence-corrected chi connectivity index (χ2v) is 5.91. The van der Waals surface area contributed by atoms with Crippen molar-refractivity contribution in [2.45, 2.75) is 17.4 Å². The first-order valence-electron chi connectivity index (χ1n) is 5.84. The van der Waals surface area contributed by atoms with Crippen LogP contribution in [0, 0.1) is 5.82 Å². The predicted octanol–water partition coefficient (Wildman–Crippen LogP) is 0.383. The largest absolute Gasteiger partial charge is 0.379 e. The molecule has 0 spiro atoms. The summed E-state index contributed by atoms with van der Waals surface area (Å²) in [7, 11) is -3.97. The number of ether oxygens (including phenoxy) is 1. The van der Waals surface area contributed by atoms with E-state index in [1.54, 1.807) is 0 Å². The van der Waals surface area contributed by atoms with E-state index < -0.39 is 21.9 Å². The van der Waals surface area contributed by atoms with Crippen LogP contribution in [-0.2, 0) is 14.8 Å². The number of carbonyl (C=O) groups is 1. The molecule has 20 heavy (non-hydrogen) atoms. The van der Waals surface area contributed by atoms with Crippen molar-refractivity contribution in [1.29, 1.82) is 0 Å². The summed E-state index contributed by atoms with van der Waals surface area (Å²) in [5, 5.41) is 9.79. The Bertz CT molecular complexity index is 614. The Kier molecular flexibility index (Phi) is 4.21. The SMILES string of the molecule is NS(=O)(=O)c1ccc(NC(=O)NC2CCOC2)c(F)c1. The van der Waals surface area contributed by atoms with E-state index in [0.717, 1.165) is 18.2 Å². The molecule has 1 aliphatic heterocycles. The van der Waals surface area contributed by atoms with Gasteiger partial charge in [-0.05, 0) is 24.6 Å². The first-order valence-corrected chi connectivity index (χ1v) is 7.38. The van der Waals surface area contributed by atoms with Gasteiger partial charge in [0, 0.05) is 6.61 Å². The molecule has 0 bridgehead atoms. The fourth-order valence-electron chi connectivity index (χ4n) is 1.77. The van der Waals surface area contributed by atoms with Gasteiger partial charge >= 0.3 is 6.03 Å². The van der Waals surface area contributed by atoms with E-state index in [4.69, 9.17) is 9.88 Å². The molecule has 1 heterocycles. The summed E-state index contributed by atoms with van der Waals surface area (Å²) in [6.45, 7) is 0.989. The minimum atomic E-state index is -3.97. The van der Waals surface area contributed by atoms with Crippen molar-refractivity contribution in [1.82, 2.24) is 5.32 Å². The summed E-state index contributed by atoms with van der Waals surface area (Å²) in [5.41, 5.74) is -0.131. The third-order valence-corrected chi connectivity index (χ3v) is 3.69. The van der Waals surface area contributed by atoms with Crippen molar-refractivity contribution in [2.24, 2.45) is 5.14 Å². The number of hydrogen-bond acceptors (Lipinski definition) is 4. The van der Waals surface area contributed by atoms with Crippen LogP contribution in [0.5, 0.6) is 0 Å². The average Bonchev–Trinajstić information content (AvgIpc) is 2.83. The van der Waals surface area contributed by atoms with Gasteiger partial charge in [-0.15, -0.1) is 0 Å². The van der Waals surface area contributed by atoms with E-state index in [1.807, 2.05) is 0 Å². The molecule has 2 amide bonds. The number of sulfonamides is 1. The van der Waals surface area contributed by atoms with E-state index in [1.165, 1.54) is 0 Å². The molecular formula is C11H14FN3O4S. The molecule has 0 saturated carbocycles. The third kappa shape index (κ3) is 3.65. The van der Waals surface area contributed by atoms with Crippen LogP contribution in [0.3, 0.4) is 0 Å². The van der Waals surface area contributed by atoms with Crippen molar-refractivity contribution in [2.75, 3.05) is 18.5 Å². The van der Waals surface area contributed by atoms with Gasteiger partial charge in [-0.3, -0.25) is 0 Å². The third-order valence-electron chi connectivity index (χ3n) is 2.78. The van der Waals surface area contributed by atoms with Crippen LogP contribution in [0.25, 0.3) is 0 Å². The maximum absolute atomic E-state index is 13.7. The highest BCUT2D eigenvalue weighted by molar-refractivity contribution is 7.89. The maximum atomic E-state index is 13.7. The highest BCUT2D eigenvalue weighted by Gasteiger charge is 2.19. The molecule has 1 saturated heterocycles. The van der Waals surface area contributed by atoms with E-state index in [-0.39, 0.29) is 16.6 Å². The minimum Gasteiger partial charge on any atom is -0.379 e. The van der Waals surface area contributed by atoms with Crippen LogP contribution in [0.2, 0.25) is 0 Å². The van der Waals surface area contributed by atoms with Crippen LogP contribution in [0.1, 0.15) is 6.42 Å². The number of nitrogens with one attached hydrogen (secondary N) is 2. The number of primary sulfonamides is 1. The number of nitrogens with two attached hydrogens (primary N) is 1. The van der Waals surface area contributed by atoms with Crippen molar-refractivity contribution in [3.63, 3.8) is 0 Å². The van der Waals surface area contributed by atoms with Crippen LogP contribution in [0.4, 0.5) is 14.9 Å². The van der Waals surface area contributed by atoms with Gasteiger partial charge in [-0.1, -0.05) is 0 Å². The summed E-state index contributed by atoms with van der Waals surface area (Å²) in [6.07, 6.45) is 0.695. The van der Waals surface area contributed by atoms with Gasteiger partial charge in [0.15, 0.2) is 0 Å². The lowest BCUT2D eigenvalue weighted by molar-refractivity contribution is 0.189. The van der Waals surface area contributed by atoms with Gasteiger partial charge in [-0.25, -0.2) is 22.7 Å². The van der Waals surface area contributed by atoms with E-state index in [2.05, 4.69) is 10.6 Å². The Hall–Kier alpha value is -1.71. The van der Waals surface area contributed by atoms with Gasteiger partial charge in [0.1, 0.15) is 5.82 Å². The van der Waals surface area contributed by atoms with Gasteiger partial charge < -0.3 is 15.4 Å². The van der Waals surface area contributed by atoms with Gasteiger partial charge in [-0.2, -0.15) is 0 Å². The second-order valence-electron chi connectivity index (χ2n) is 4.35. The highest BCUT2D eigenvalue weighted by atomic mass is 32.2. The van der Waals surface area contributed by atoms with Gasteiger partial charge in [0.2, 0.25) is 10.0 Å². The average molecular weight is 303 g/mol. The zero-order valence-electron chi connectivity index (χ0n) is 10.4. The van der Waals surface area contributed by atoms with Crippen molar-refractivity contribution in [3.8, 4) is 0 Å². The number of amides is 2. The monoisotopic (exact) mass is 303 g/mol. The molecule has 0 radical (unpaired) electrons. The molecule has 1 atom stereocenters. The summed E-state index contributed by atoms with van der Waals surface area (Å²) in [5.74, 6) is -0.880. The Labute approximate surface area is 115 Å². The van der Waals surface area contributed by atoms with Crippen LogP contribution in [0.15, 0.2) is 23.1 Å². The molecule has 7 nitrogen and oxygen atoms in total. The Morgan fingerprint density at radius 3 is 2.75 bits per heavy atom. The lowest BCUT2D eigenvalue weighted by Crippen LogP contribution is -2.38. The minimum absolute atomic E-state index is 0.109. The molecule has 110 valence electrons. The summed E-state index contributed by atoms with van der Waals surface area (Å²) >= 11 is 0. The molecule has 0 aliphatic carbocycles. The predicted molar refractivity (Wildman–Crippen MR) is 69.2 cm³/mol. The lowest BCUT2D eigenvalue weighted by atomic mass is 10.2. The molecule has 1 aromatic rings. The van der Waals surface area contributed by atoms with Crippen molar-refractivity contribution >= 4 is 21.7 Å². The molecule has 9 heteroatoms. The molecule has 1 fully saturated rings. The lowest BCUT2D eigenvalue weighted by Gasteiger charge is -2.12. The smallest absolute Gasteiger partial charge is 0.319 e. The van der Waals surface area contributed by atoms with Gasteiger partial charge in [0.25, 0.3) is 0 Å². The fraction of sp³-hybridized carbons (Fsp3) is 0.364. The number of hydrogen-bond donors (Lipinski definition) is 3. The topological polar surface area (TPSA) is 111 Å². The highest BCUT2D eigenvalue weighted by Crippen LogP contribution is 2.18. The normalized spacial score (nSPS) is 18.8. The summed E-state index contributed by atoms with van der Waals surface area (Å²) < 4.78 is 40.8. The standard InChI is InChI=1S/C11H14FN3O4S/c12-9-5-8(20(13,17)18)1-2-10(9)15-11(16)14-7-3-4-19-6-7/h1-2,5,7H,3-4,6H2,(H2,13,17,18)(H2,14,15,16). The second kappa shape index (κ2) is 5.73. The molecular weight excluding hydrogens is 289 g/mol. The van der Waals surface area contributed by atoms with Gasteiger partial charge in [0.05, 0.1) is 23.2 Å². The maximum Gasteiger partial charge on any atom is 0.319 e. The summed E-state index contributed by atoms with van der Waals surface area (Å²) in [4.78, 5) is 11.3. The first-order chi connectivity index (χ1) is 9.36. The number of benzene rings is 1. The van der Waals surface area contributed by atoms with Crippen molar-refractivity contribution < 1.29 is 22.3 Å². The number of carbonyl (C=O) groups excluding carboxylic acids is 1. The zero-order chi connectivity index (χ0) is 14.8. The first kappa shape index (κ1) is 14.7. The number of rotatable bonds is 3. The van der Waals surface area contributed by atoms with E-state index >= 15 is 0 Å². The number of halogens is 1. The molecule has 1 aromatic carbocycles.